The Bertz CT molecular complexity index is 869. The van der Waals surface area contributed by atoms with E-state index in [0.717, 1.165) is 23.3 Å². The van der Waals surface area contributed by atoms with Gasteiger partial charge in [-0.1, -0.05) is 29.8 Å². The molecule has 6 heteroatoms. The second kappa shape index (κ2) is 9.11. The monoisotopic (exact) mass is 400 g/mol. The molecule has 148 valence electrons. The lowest BCUT2D eigenvalue weighted by molar-refractivity contribution is -0.133. The predicted molar refractivity (Wildman–Crippen MR) is 110 cm³/mol. The number of carbonyl (C=O) groups excluding carboxylic acids is 2. The summed E-state index contributed by atoms with van der Waals surface area (Å²) in [5, 5.41) is 0.543. The summed E-state index contributed by atoms with van der Waals surface area (Å²) in [6, 6.07) is 12.8. The van der Waals surface area contributed by atoms with Gasteiger partial charge < -0.3 is 14.5 Å². The van der Waals surface area contributed by atoms with E-state index in [-0.39, 0.29) is 18.4 Å². The molecule has 3 rings (SSSR count). The fourth-order valence-electron chi connectivity index (χ4n) is 3.29. The van der Waals surface area contributed by atoms with Gasteiger partial charge in [0, 0.05) is 36.8 Å². The summed E-state index contributed by atoms with van der Waals surface area (Å²) in [7, 11) is 0. The lowest BCUT2D eigenvalue weighted by Gasteiger charge is -2.22. The fraction of sp³-hybridized carbons (Fsp3) is 0.364. The van der Waals surface area contributed by atoms with Crippen molar-refractivity contribution in [3.63, 3.8) is 0 Å². The van der Waals surface area contributed by atoms with E-state index in [1.165, 1.54) is 0 Å². The van der Waals surface area contributed by atoms with Gasteiger partial charge >= 0.3 is 0 Å². The highest BCUT2D eigenvalue weighted by Gasteiger charge is 2.23. The highest BCUT2D eigenvalue weighted by molar-refractivity contribution is 6.30. The summed E-state index contributed by atoms with van der Waals surface area (Å²) >= 11 is 5.99. The van der Waals surface area contributed by atoms with Gasteiger partial charge in [0.15, 0.2) is 6.61 Å². The van der Waals surface area contributed by atoms with E-state index in [1.54, 1.807) is 34.1 Å². The summed E-state index contributed by atoms with van der Waals surface area (Å²) in [5.41, 5.74) is 2.75. The molecule has 1 aliphatic rings. The maximum absolute atomic E-state index is 12.7. The van der Waals surface area contributed by atoms with Gasteiger partial charge in [-0.25, -0.2) is 0 Å². The van der Waals surface area contributed by atoms with Crippen LogP contribution < -0.4 is 4.74 Å². The average Bonchev–Trinajstić information content (AvgIpc) is 2.94. The normalized spacial score (nSPS) is 14.5. The number of benzene rings is 2. The number of amides is 2. The second-order valence-corrected chi connectivity index (χ2v) is 7.46. The zero-order valence-corrected chi connectivity index (χ0v) is 17.0. The van der Waals surface area contributed by atoms with Gasteiger partial charge in [-0.3, -0.25) is 9.59 Å². The van der Waals surface area contributed by atoms with Crippen molar-refractivity contribution < 1.29 is 14.3 Å². The van der Waals surface area contributed by atoms with Crippen LogP contribution in [0.3, 0.4) is 0 Å². The van der Waals surface area contributed by atoms with Crippen molar-refractivity contribution in [1.82, 2.24) is 9.80 Å². The van der Waals surface area contributed by atoms with Gasteiger partial charge in [0.05, 0.1) is 0 Å². The molecule has 0 N–H and O–H groups in total. The Morgan fingerprint density at radius 3 is 2.50 bits per heavy atom. The first-order valence-electron chi connectivity index (χ1n) is 9.47. The van der Waals surface area contributed by atoms with Gasteiger partial charge in [0.1, 0.15) is 5.75 Å². The smallest absolute Gasteiger partial charge is 0.260 e. The lowest BCUT2D eigenvalue weighted by Crippen LogP contribution is -2.39. The van der Waals surface area contributed by atoms with Crippen LogP contribution in [0.4, 0.5) is 0 Å². The molecule has 1 heterocycles. The van der Waals surface area contributed by atoms with Crippen LogP contribution in [0.1, 0.15) is 27.9 Å². The Hall–Kier alpha value is -2.53. The SMILES string of the molecule is Cc1cccc(OCC(=O)N2CCCN(C(=O)c3cccc(Cl)c3)CC2)c1C. The molecule has 0 radical (unpaired) electrons. The molecule has 1 saturated heterocycles. The van der Waals surface area contributed by atoms with E-state index in [1.807, 2.05) is 32.0 Å². The molecule has 2 amide bonds. The summed E-state index contributed by atoms with van der Waals surface area (Å²) < 4.78 is 5.74. The van der Waals surface area contributed by atoms with Crippen LogP contribution in [0.15, 0.2) is 42.5 Å². The number of hydrogen-bond donors (Lipinski definition) is 0. The molecule has 2 aromatic carbocycles. The Labute approximate surface area is 170 Å². The van der Waals surface area contributed by atoms with Crippen LogP contribution in [-0.4, -0.2) is 54.4 Å². The van der Waals surface area contributed by atoms with Crippen molar-refractivity contribution in [1.29, 1.82) is 0 Å². The molecule has 0 aromatic heterocycles. The van der Waals surface area contributed by atoms with Crippen molar-refractivity contribution in [2.75, 3.05) is 32.8 Å². The molecular formula is C22H25ClN2O3. The molecular weight excluding hydrogens is 376 g/mol. The fourth-order valence-corrected chi connectivity index (χ4v) is 3.48. The Balaban J connectivity index is 1.56. The molecule has 0 atom stereocenters. The van der Waals surface area contributed by atoms with Crippen molar-refractivity contribution in [3.05, 3.63) is 64.2 Å². The lowest BCUT2D eigenvalue weighted by atomic mass is 10.1. The van der Waals surface area contributed by atoms with Crippen LogP contribution >= 0.6 is 11.6 Å². The molecule has 2 aromatic rings. The molecule has 0 spiro atoms. The molecule has 1 aliphatic heterocycles. The first kappa shape index (κ1) is 20.2. The number of ether oxygens (including phenoxy) is 1. The van der Waals surface area contributed by atoms with Crippen LogP contribution in [0.2, 0.25) is 5.02 Å². The van der Waals surface area contributed by atoms with Crippen LogP contribution in [0.5, 0.6) is 5.75 Å². The maximum atomic E-state index is 12.7. The van der Waals surface area contributed by atoms with E-state index in [9.17, 15) is 9.59 Å². The van der Waals surface area contributed by atoms with Gasteiger partial charge in [-0.05, 0) is 55.7 Å². The van der Waals surface area contributed by atoms with Crippen molar-refractivity contribution >= 4 is 23.4 Å². The first-order valence-corrected chi connectivity index (χ1v) is 9.85. The Morgan fingerprint density at radius 1 is 1.00 bits per heavy atom. The summed E-state index contributed by atoms with van der Waals surface area (Å²) in [4.78, 5) is 28.8. The minimum absolute atomic E-state index is 0.00648. The highest BCUT2D eigenvalue weighted by Crippen LogP contribution is 2.20. The molecule has 5 nitrogen and oxygen atoms in total. The molecule has 0 bridgehead atoms. The number of nitrogens with zero attached hydrogens (tertiary/aromatic N) is 2. The largest absolute Gasteiger partial charge is 0.483 e. The second-order valence-electron chi connectivity index (χ2n) is 7.02. The number of rotatable bonds is 4. The number of halogens is 1. The third-order valence-electron chi connectivity index (χ3n) is 5.11. The summed E-state index contributed by atoms with van der Waals surface area (Å²) in [6.45, 7) is 6.25. The molecule has 0 saturated carbocycles. The third kappa shape index (κ3) is 4.84. The summed E-state index contributed by atoms with van der Waals surface area (Å²) in [5.74, 6) is 0.627. The highest BCUT2D eigenvalue weighted by atomic mass is 35.5. The third-order valence-corrected chi connectivity index (χ3v) is 5.35. The average molecular weight is 401 g/mol. The van der Waals surface area contributed by atoms with E-state index in [4.69, 9.17) is 16.3 Å². The van der Waals surface area contributed by atoms with Gasteiger partial charge in [0.2, 0.25) is 0 Å². The molecule has 0 unspecified atom stereocenters. The standard InChI is InChI=1S/C22H25ClN2O3/c1-16-6-3-9-20(17(16)2)28-15-21(26)24-10-5-11-25(13-12-24)22(27)18-7-4-8-19(23)14-18/h3-4,6-9,14H,5,10-13,15H2,1-2H3. The summed E-state index contributed by atoms with van der Waals surface area (Å²) in [6.07, 6.45) is 0.738. The van der Waals surface area contributed by atoms with E-state index < -0.39 is 0 Å². The van der Waals surface area contributed by atoms with E-state index >= 15 is 0 Å². The van der Waals surface area contributed by atoms with Crippen LogP contribution in [-0.2, 0) is 4.79 Å². The Morgan fingerprint density at radius 2 is 1.71 bits per heavy atom. The topological polar surface area (TPSA) is 49.9 Å². The number of hydrogen-bond acceptors (Lipinski definition) is 3. The Kier molecular flexibility index (Phi) is 6.57. The zero-order chi connectivity index (χ0) is 20.1. The van der Waals surface area contributed by atoms with Crippen LogP contribution in [0.25, 0.3) is 0 Å². The maximum Gasteiger partial charge on any atom is 0.260 e. The van der Waals surface area contributed by atoms with Gasteiger partial charge in [-0.2, -0.15) is 0 Å². The van der Waals surface area contributed by atoms with Crippen LogP contribution in [0, 0.1) is 13.8 Å². The van der Waals surface area contributed by atoms with E-state index in [0.29, 0.717) is 36.8 Å². The van der Waals surface area contributed by atoms with Crippen molar-refractivity contribution in [2.24, 2.45) is 0 Å². The zero-order valence-electron chi connectivity index (χ0n) is 16.3. The van der Waals surface area contributed by atoms with Crippen molar-refractivity contribution in [2.45, 2.75) is 20.3 Å². The first-order chi connectivity index (χ1) is 13.5. The quantitative estimate of drug-likeness (QED) is 0.786. The van der Waals surface area contributed by atoms with Gasteiger partial charge in [-0.15, -0.1) is 0 Å². The minimum Gasteiger partial charge on any atom is -0.483 e. The predicted octanol–water partition coefficient (Wildman–Crippen LogP) is 3.71. The molecule has 1 fully saturated rings. The van der Waals surface area contributed by atoms with E-state index in [2.05, 4.69) is 0 Å². The minimum atomic E-state index is -0.0574. The number of carbonyl (C=O) groups is 2. The molecule has 0 aliphatic carbocycles. The van der Waals surface area contributed by atoms with Crippen molar-refractivity contribution in [3.8, 4) is 5.75 Å². The molecule has 28 heavy (non-hydrogen) atoms. The van der Waals surface area contributed by atoms with Gasteiger partial charge in [0.25, 0.3) is 11.8 Å². The number of aryl methyl sites for hydroxylation is 1.